The lowest BCUT2D eigenvalue weighted by Gasteiger charge is -2.36. The largest absolute Gasteiger partial charge is 0.238 e. The van der Waals surface area contributed by atoms with E-state index >= 15 is 0 Å². The van der Waals surface area contributed by atoms with Crippen molar-refractivity contribution >= 4 is 5.69 Å². The number of rotatable bonds is 6. The Bertz CT molecular complexity index is 2710. The molecule has 0 atom stereocenters. The lowest BCUT2D eigenvalue weighted by molar-refractivity contribution is 0.353. The van der Waals surface area contributed by atoms with Gasteiger partial charge in [-0.2, -0.15) is 0 Å². The Morgan fingerprint density at radius 1 is 0.393 bits per heavy atom. The first kappa shape index (κ1) is 33.7. The van der Waals surface area contributed by atoms with Crippen LogP contribution in [0.3, 0.4) is 0 Å². The molecular weight excluding hydrogens is 679 g/mol. The van der Waals surface area contributed by atoms with Gasteiger partial charge < -0.3 is 0 Å². The van der Waals surface area contributed by atoms with Crippen molar-refractivity contribution in [1.29, 1.82) is 0 Å². The van der Waals surface area contributed by atoms with Crippen molar-refractivity contribution in [3.63, 3.8) is 0 Å². The molecule has 1 spiro atoms. The molecule has 0 aliphatic heterocycles. The maximum Gasteiger partial charge on any atom is 0.187 e. The summed E-state index contributed by atoms with van der Waals surface area (Å²) in [5.74, 6) is 0.715. The van der Waals surface area contributed by atoms with Crippen LogP contribution in [0.1, 0.15) is 43.2 Å². The summed E-state index contributed by atoms with van der Waals surface area (Å²) in [5.41, 5.74) is 18.3. The van der Waals surface area contributed by atoms with Gasteiger partial charge in [-0.05, 0) is 92.7 Å². The Balaban J connectivity index is 0.955. The van der Waals surface area contributed by atoms with Crippen LogP contribution in [-0.4, -0.2) is 9.97 Å². The summed E-state index contributed by atoms with van der Waals surface area (Å²) in [5, 5.41) is 0. The monoisotopic (exact) mass is 717 g/mol. The van der Waals surface area contributed by atoms with E-state index in [-0.39, 0.29) is 5.41 Å². The van der Waals surface area contributed by atoms with Crippen molar-refractivity contribution in [2.24, 2.45) is 0 Å². The molecule has 1 aromatic heterocycles. The standard InChI is InChI=1S/C53H39N3/c1-54-45-26-28-47-46-27-25-43(33-48(46)53(49(47)34-45)29-9-4-10-30-53)42-19-11-17-40(31-42)36-21-23-37(24-22-36)41-18-12-20-44(32-41)51-35-50(38-13-5-2-6-14-38)55-52(56-51)39-15-7-3-8-16-39/h2-3,5-8,11-28,31-35H,4,9-10,29-30H2. The molecular formula is C53H39N3. The molecule has 1 fully saturated rings. The van der Waals surface area contributed by atoms with Gasteiger partial charge in [0.15, 0.2) is 11.5 Å². The van der Waals surface area contributed by atoms with E-state index in [1.165, 1.54) is 63.8 Å². The van der Waals surface area contributed by atoms with Crippen LogP contribution < -0.4 is 0 Å². The van der Waals surface area contributed by atoms with E-state index < -0.39 is 0 Å². The molecule has 1 heterocycles. The predicted molar refractivity (Wildman–Crippen MR) is 230 cm³/mol. The van der Waals surface area contributed by atoms with Crippen molar-refractivity contribution in [2.45, 2.75) is 37.5 Å². The van der Waals surface area contributed by atoms with Crippen molar-refractivity contribution in [3.8, 4) is 78.4 Å². The van der Waals surface area contributed by atoms with E-state index in [0.29, 0.717) is 5.82 Å². The molecule has 0 saturated heterocycles. The average molecular weight is 718 g/mol. The fraction of sp³-hybridized carbons (Fsp3) is 0.113. The minimum absolute atomic E-state index is 0.00615. The van der Waals surface area contributed by atoms with Gasteiger partial charge in [0.25, 0.3) is 0 Å². The molecule has 3 heteroatoms. The number of aromatic nitrogens is 2. The van der Waals surface area contributed by atoms with Crippen molar-refractivity contribution in [3.05, 3.63) is 198 Å². The topological polar surface area (TPSA) is 30.1 Å². The summed E-state index contributed by atoms with van der Waals surface area (Å²) in [7, 11) is 0. The first-order chi connectivity index (χ1) is 27.6. The second-order valence-corrected chi connectivity index (χ2v) is 15.2. The second kappa shape index (κ2) is 14.1. The molecule has 3 nitrogen and oxygen atoms in total. The molecule has 0 bridgehead atoms. The van der Waals surface area contributed by atoms with Gasteiger partial charge in [0.1, 0.15) is 0 Å². The Morgan fingerprint density at radius 2 is 0.875 bits per heavy atom. The zero-order valence-corrected chi connectivity index (χ0v) is 31.1. The van der Waals surface area contributed by atoms with Crippen LogP contribution in [0.5, 0.6) is 0 Å². The maximum absolute atomic E-state index is 7.69. The summed E-state index contributed by atoms with van der Waals surface area (Å²) < 4.78 is 0. The number of hydrogen-bond donors (Lipinski definition) is 0. The van der Waals surface area contributed by atoms with Gasteiger partial charge in [-0.25, -0.2) is 14.8 Å². The highest BCUT2D eigenvalue weighted by molar-refractivity contribution is 5.86. The molecule has 8 aromatic rings. The molecule has 56 heavy (non-hydrogen) atoms. The van der Waals surface area contributed by atoms with Crippen LogP contribution in [0, 0.1) is 6.57 Å². The Labute approximate surface area is 328 Å². The number of benzene rings is 7. The molecule has 7 aromatic carbocycles. The third kappa shape index (κ3) is 6.01. The van der Waals surface area contributed by atoms with Gasteiger partial charge >= 0.3 is 0 Å². The lowest BCUT2D eigenvalue weighted by Crippen LogP contribution is -2.28. The molecule has 0 amide bonds. The first-order valence-electron chi connectivity index (χ1n) is 19.6. The van der Waals surface area contributed by atoms with Crippen LogP contribution in [-0.2, 0) is 5.41 Å². The van der Waals surface area contributed by atoms with Crippen LogP contribution in [0.25, 0.3) is 83.3 Å². The predicted octanol–water partition coefficient (Wildman–Crippen LogP) is 14.3. The van der Waals surface area contributed by atoms with E-state index in [1.54, 1.807) is 0 Å². The van der Waals surface area contributed by atoms with Gasteiger partial charge in [0.05, 0.1) is 18.0 Å². The van der Waals surface area contributed by atoms with E-state index in [0.717, 1.165) is 57.7 Å². The summed E-state index contributed by atoms with van der Waals surface area (Å²) in [6, 6.07) is 62.5. The minimum atomic E-state index is 0.00615. The smallest absolute Gasteiger partial charge is 0.187 e. The zero-order valence-electron chi connectivity index (χ0n) is 31.1. The van der Waals surface area contributed by atoms with E-state index in [1.807, 2.05) is 42.5 Å². The minimum Gasteiger partial charge on any atom is -0.238 e. The van der Waals surface area contributed by atoms with Crippen LogP contribution in [0.4, 0.5) is 5.69 Å². The summed E-state index contributed by atoms with van der Waals surface area (Å²) in [4.78, 5) is 13.8. The normalized spacial score (nSPS) is 13.8. The van der Waals surface area contributed by atoms with Crippen LogP contribution in [0.2, 0.25) is 0 Å². The highest BCUT2D eigenvalue weighted by atomic mass is 14.9. The Hall–Kier alpha value is -6.89. The van der Waals surface area contributed by atoms with Crippen LogP contribution in [0.15, 0.2) is 176 Å². The zero-order chi connectivity index (χ0) is 37.5. The summed E-state index contributed by atoms with van der Waals surface area (Å²) in [6.07, 6.45) is 6.04. The lowest BCUT2D eigenvalue weighted by atomic mass is 9.67. The van der Waals surface area contributed by atoms with Gasteiger partial charge in [0, 0.05) is 22.1 Å². The van der Waals surface area contributed by atoms with Gasteiger partial charge in [-0.1, -0.05) is 171 Å². The average Bonchev–Trinajstić information content (AvgIpc) is 3.54. The Morgan fingerprint density at radius 3 is 1.52 bits per heavy atom. The highest BCUT2D eigenvalue weighted by Gasteiger charge is 2.43. The van der Waals surface area contributed by atoms with Crippen molar-refractivity contribution in [1.82, 2.24) is 9.97 Å². The number of nitrogens with zero attached hydrogens (tertiary/aromatic N) is 3. The molecule has 266 valence electrons. The molecule has 2 aliphatic carbocycles. The van der Waals surface area contributed by atoms with E-state index in [4.69, 9.17) is 16.5 Å². The fourth-order valence-corrected chi connectivity index (χ4v) is 9.09. The molecule has 10 rings (SSSR count). The molecule has 2 aliphatic rings. The maximum atomic E-state index is 7.69. The van der Waals surface area contributed by atoms with Crippen LogP contribution >= 0.6 is 0 Å². The van der Waals surface area contributed by atoms with Gasteiger partial charge in [-0.3, -0.25) is 0 Å². The molecule has 0 radical (unpaired) electrons. The third-order valence-corrected chi connectivity index (χ3v) is 11.9. The van der Waals surface area contributed by atoms with E-state index in [2.05, 4.69) is 138 Å². The number of hydrogen-bond acceptors (Lipinski definition) is 2. The molecule has 0 unspecified atom stereocenters. The SMILES string of the molecule is [C-]#[N+]c1ccc2c(c1)C1(CCCCC1)c1cc(-c3cccc(-c4ccc(-c5cccc(-c6cc(-c7ccccc7)nc(-c7ccccc7)n6)c5)cc4)c3)ccc1-2. The fourth-order valence-electron chi connectivity index (χ4n) is 9.09. The Kier molecular flexibility index (Phi) is 8.46. The van der Waals surface area contributed by atoms with Crippen molar-refractivity contribution in [2.75, 3.05) is 0 Å². The summed E-state index contributed by atoms with van der Waals surface area (Å²) in [6.45, 7) is 7.69. The second-order valence-electron chi connectivity index (χ2n) is 15.2. The first-order valence-corrected chi connectivity index (χ1v) is 19.6. The van der Waals surface area contributed by atoms with Gasteiger partial charge in [0.2, 0.25) is 0 Å². The summed E-state index contributed by atoms with van der Waals surface area (Å²) >= 11 is 0. The van der Waals surface area contributed by atoms with Gasteiger partial charge in [-0.15, -0.1) is 0 Å². The molecule has 0 N–H and O–H groups in total. The molecule has 1 saturated carbocycles. The third-order valence-electron chi connectivity index (χ3n) is 11.9. The highest BCUT2D eigenvalue weighted by Crippen LogP contribution is 2.57. The number of fused-ring (bicyclic) bond motifs is 5. The van der Waals surface area contributed by atoms with E-state index in [9.17, 15) is 0 Å². The van der Waals surface area contributed by atoms with Crippen molar-refractivity contribution < 1.29 is 0 Å². The quantitative estimate of drug-likeness (QED) is 0.160.